The molecule has 0 bridgehead atoms. The van der Waals surface area contributed by atoms with Crippen molar-refractivity contribution < 1.29 is 9.90 Å². The number of rotatable bonds is 5. The standard InChI is InChI=1S/C14H15NO2S/c1-2-3-10-4-6-11(7-5-10)12-9-18-13(15-12)8-14(16)17/h4-7,9H,2-3,8H2,1H3,(H,16,17). The molecule has 3 nitrogen and oxygen atoms in total. The fourth-order valence-corrected chi connectivity index (χ4v) is 2.58. The van der Waals surface area contributed by atoms with Crippen LogP contribution in [0.4, 0.5) is 0 Å². The first kappa shape index (κ1) is 12.8. The minimum atomic E-state index is -0.839. The highest BCUT2D eigenvalue weighted by molar-refractivity contribution is 7.10. The third-order valence-corrected chi connectivity index (χ3v) is 3.49. The van der Waals surface area contributed by atoms with E-state index in [0.717, 1.165) is 24.1 Å². The Bertz CT molecular complexity index is 531. The van der Waals surface area contributed by atoms with E-state index in [9.17, 15) is 4.79 Å². The van der Waals surface area contributed by atoms with Crippen molar-refractivity contribution >= 4 is 17.3 Å². The summed E-state index contributed by atoms with van der Waals surface area (Å²) in [5, 5.41) is 11.3. The molecule has 0 unspecified atom stereocenters. The van der Waals surface area contributed by atoms with Crippen LogP contribution in [0.1, 0.15) is 23.9 Å². The molecular weight excluding hydrogens is 246 g/mol. The molecule has 0 fully saturated rings. The maximum Gasteiger partial charge on any atom is 0.310 e. The highest BCUT2D eigenvalue weighted by atomic mass is 32.1. The molecule has 0 saturated carbocycles. The first-order valence-electron chi connectivity index (χ1n) is 5.94. The molecule has 18 heavy (non-hydrogen) atoms. The zero-order chi connectivity index (χ0) is 13.0. The summed E-state index contributed by atoms with van der Waals surface area (Å²) in [5.74, 6) is -0.839. The van der Waals surface area contributed by atoms with Crippen LogP contribution in [-0.2, 0) is 17.6 Å². The monoisotopic (exact) mass is 261 g/mol. The van der Waals surface area contributed by atoms with E-state index in [2.05, 4.69) is 24.0 Å². The number of hydrogen-bond acceptors (Lipinski definition) is 3. The molecule has 2 aromatic rings. The minimum Gasteiger partial charge on any atom is -0.481 e. The van der Waals surface area contributed by atoms with Crippen LogP contribution in [0.2, 0.25) is 0 Å². The van der Waals surface area contributed by atoms with Crippen LogP contribution in [0.25, 0.3) is 11.3 Å². The van der Waals surface area contributed by atoms with Crippen LogP contribution in [-0.4, -0.2) is 16.1 Å². The Labute approximate surface area is 110 Å². The van der Waals surface area contributed by atoms with Crippen molar-refractivity contribution in [2.75, 3.05) is 0 Å². The summed E-state index contributed by atoms with van der Waals surface area (Å²) in [5.41, 5.74) is 3.23. The molecule has 0 aliphatic heterocycles. The quantitative estimate of drug-likeness (QED) is 0.897. The largest absolute Gasteiger partial charge is 0.481 e. The zero-order valence-electron chi connectivity index (χ0n) is 10.2. The van der Waals surface area contributed by atoms with Gasteiger partial charge in [0.05, 0.1) is 12.1 Å². The topological polar surface area (TPSA) is 50.2 Å². The molecule has 1 aromatic heterocycles. The number of benzene rings is 1. The molecule has 0 aliphatic carbocycles. The Morgan fingerprint density at radius 2 is 2.06 bits per heavy atom. The lowest BCUT2D eigenvalue weighted by molar-refractivity contribution is -0.136. The molecule has 1 heterocycles. The summed E-state index contributed by atoms with van der Waals surface area (Å²) < 4.78 is 0. The van der Waals surface area contributed by atoms with E-state index in [-0.39, 0.29) is 6.42 Å². The van der Waals surface area contributed by atoms with Crippen LogP contribution in [0.3, 0.4) is 0 Å². The second kappa shape index (κ2) is 5.78. The van der Waals surface area contributed by atoms with Crippen LogP contribution in [0.15, 0.2) is 29.6 Å². The van der Waals surface area contributed by atoms with Crippen molar-refractivity contribution in [2.24, 2.45) is 0 Å². The SMILES string of the molecule is CCCc1ccc(-c2csc(CC(=O)O)n2)cc1. The van der Waals surface area contributed by atoms with Crippen LogP contribution >= 0.6 is 11.3 Å². The highest BCUT2D eigenvalue weighted by Gasteiger charge is 2.07. The van der Waals surface area contributed by atoms with Crippen molar-refractivity contribution in [1.82, 2.24) is 4.98 Å². The third kappa shape index (κ3) is 3.17. The number of carbonyl (C=O) groups is 1. The predicted molar refractivity (Wildman–Crippen MR) is 72.9 cm³/mol. The average molecular weight is 261 g/mol. The van der Waals surface area contributed by atoms with Gasteiger partial charge < -0.3 is 5.11 Å². The summed E-state index contributed by atoms with van der Waals surface area (Å²) in [6, 6.07) is 8.30. The van der Waals surface area contributed by atoms with Crippen molar-refractivity contribution in [2.45, 2.75) is 26.2 Å². The number of nitrogens with zero attached hydrogens (tertiary/aromatic N) is 1. The van der Waals surface area contributed by atoms with E-state index in [0.29, 0.717) is 5.01 Å². The molecule has 0 amide bonds. The first-order valence-corrected chi connectivity index (χ1v) is 6.82. The second-order valence-corrected chi connectivity index (χ2v) is 5.09. The van der Waals surface area contributed by atoms with Gasteiger partial charge >= 0.3 is 5.97 Å². The summed E-state index contributed by atoms with van der Waals surface area (Å²) in [6.45, 7) is 2.16. The van der Waals surface area contributed by atoms with Gasteiger partial charge in [-0.1, -0.05) is 37.6 Å². The van der Waals surface area contributed by atoms with Crippen molar-refractivity contribution in [3.05, 3.63) is 40.2 Å². The lowest BCUT2D eigenvalue weighted by Gasteiger charge is -2.00. The van der Waals surface area contributed by atoms with Crippen LogP contribution in [0.5, 0.6) is 0 Å². The Hall–Kier alpha value is -1.68. The highest BCUT2D eigenvalue weighted by Crippen LogP contribution is 2.22. The van der Waals surface area contributed by atoms with Crippen molar-refractivity contribution in [3.63, 3.8) is 0 Å². The molecule has 1 N–H and O–H groups in total. The first-order chi connectivity index (χ1) is 8.69. The smallest absolute Gasteiger partial charge is 0.310 e. The molecular formula is C14H15NO2S. The van der Waals surface area contributed by atoms with Crippen molar-refractivity contribution in [1.29, 1.82) is 0 Å². The molecule has 0 radical (unpaired) electrons. The van der Waals surface area contributed by atoms with E-state index in [1.54, 1.807) is 0 Å². The third-order valence-electron chi connectivity index (χ3n) is 2.64. The normalized spacial score (nSPS) is 10.5. The molecule has 0 aliphatic rings. The maximum atomic E-state index is 10.6. The number of carboxylic acid groups (broad SMARTS) is 1. The molecule has 0 spiro atoms. The Kier molecular flexibility index (Phi) is 4.10. The number of aliphatic carboxylic acids is 1. The summed E-state index contributed by atoms with van der Waals surface area (Å²) in [7, 11) is 0. The van der Waals surface area contributed by atoms with Crippen LogP contribution in [0, 0.1) is 0 Å². The molecule has 4 heteroatoms. The van der Waals surface area contributed by atoms with E-state index in [1.807, 2.05) is 17.5 Å². The summed E-state index contributed by atoms with van der Waals surface area (Å²) >= 11 is 1.40. The van der Waals surface area contributed by atoms with E-state index in [4.69, 9.17) is 5.11 Å². The second-order valence-electron chi connectivity index (χ2n) is 4.14. The summed E-state index contributed by atoms with van der Waals surface area (Å²) in [6.07, 6.45) is 2.22. The van der Waals surface area contributed by atoms with Gasteiger partial charge in [0, 0.05) is 10.9 Å². The predicted octanol–water partition coefficient (Wildman–Crippen LogP) is 3.39. The number of thiazole rings is 1. The summed E-state index contributed by atoms with van der Waals surface area (Å²) in [4.78, 5) is 14.9. The lowest BCUT2D eigenvalue weighted by atomic mass is 10.1. The van der Waals surface area contributed by atoms with Gasteiger partial charge in [0.25, 0.3) is 0 Å². The van der Waals surface area contributed by atoms with Gasteiger partial charge in [0.2, 0.25) is 0 Å². The van der Waals surface area contributed by atoms with E-state index < -0.39 is 5.97 Å². The van der Waals surface area contributed by atoms with Gasteiger partial charge in [-0.05, 0) is 12.0 Å². The van der Waals surface area contributed by atoms with Gasteiger partial charge in [-0.15, -0.1) is 11.3 Å². The fraction of sp³-hybridized carbons (Fsp3) is 0.286. The fourth-order valence-electron chi connectivity index (χ4n) is 1.78. The zero-order valence-corrected chi connectivity index (χ0v) is 11.0. The Morgan fingerprint density at radius 3 is 2.67 bits per heavy atom. The average Bonchev–Trinajstić information content (AvgIpc) is 2.78. The van der Waals surface area contributed by atoms with E-state index >= 15 is 0 Å². The Balaban J connectivity index is 2.15. The molecule has 0 saturated heterocycles. The van der Waals surface area contributed by atoms with Gasteiger partial charge in [-0.2, -0.15) is 0 Å². The number of aromatic nitrogens is 1. The van der Waals surface area contributed by atoms with Crippen LogP contribution < -0.4 is 0 Å². The van der Waals surface area contributed by atoms with Gasteiger partial charge in [0.1, 0.15) is 5.01 Å². The molecule has 2 rings (SSSR count). The molecule has 94 valence electrons. The molecule has 1 aromatic carbocycles. The number of hydrogen-bond donors (Lipinski definition) is 1. The van der Waals surface area contributed by atoms with Gasteiger partial charge in [0.15, 0.2) is 0 Å². The van der Waals surface area contributed by atoms with Gasteiger partial charge in [-0.25, -0.2) is 4.98 Å². The van der Waals surface area contributed by atoms with Crippen molar-refractivity contribution in [3.8, 4) is 11.3 Å². The van der Waals surface area contributed by atoms with Gasteiger partial charge in [-0.3, -0.25) is 4.79 Å². The number of carboxylic acids is 1. The number of aryl methyl sites for hydroxylation is 1. The molecule has 0 atom stereocenters. The lowest BCUT2D eigenvalue weighted by Crippen LogP contribution is -1.99. The van der Waals surface area contributed by atoms with E-state index in [1.165, 1.54) is 16.9 Å². The Morgan fingerprint density at radius 1 is 1.33 bits per heavy atom. The minimum absolute atomic E-state index is 0.00140. The maximum absolute atomic E-state index is 10.6.